The maximum absolute atomic E-state index is 13.6. The number of nitrogens with one attached hydrogen (secondary N) is 3. The molecule has 3 amide bonds. The summed E-state index contributed by atoms with van der Waals surface area (Å²) in [5.41, 5.74) is 0.460. The van der Waals surface area contributed by atoms with E-state index in [1.807, 2.05) is 0 Å². The number of benzene rings is 1. The van der Waals surface area contributed by atoms with E-state index in [4.69, 9.17) is 0 Å². The lowest BCUT2D eigenvalue weighted by Crippen LogP contribution is -2.40. The third-order valence-electron chi connectivity index (χ3n) is 4.13. The summed E-state index contributed by atoms with van der Waals surface area (Å²) in [4.78, 5) is 29.3. The molecule has 0 saturated carbocycles. The van der Waals surface area contributed by atoms with Crippen molar-refractivity contribution in [3.05, 3.63) is 36.2 Å². The maximum Gasteiger partial charge on any atom is 0.321 e. The van der Waals surface area contributed by atoms with Crippen LogP contribution in [0.2, 0.25) is 0 Å². The molecule has 0 spiro atoms. The number of anilines is 2. The van der Waals surface area contributed by atoms with Gasteiger partial charge in [-0.05, 0) is 31.0 Å². The zero-order valence-electron chi connectivity index (χ0n) is 13.8. The number of hydrogen-bond donors (Lipinski definition) is 3. The second kappa shape index (κ2) is 7.29. The minimum Gasteiger partial charge on any atom is -0.324 e. The highest BCUT2D eigenvalue weighted by atomic mass is 19.1. The van der Waals surface area contributed by atoms with Crippen LogP contribution in [0.25, 0.3) is 0 Å². The Morgan fingerprint density at radius 3 is 2.68 bits per heavy atom. The summed E-state index contributed by atoms with van der Waals surface area (Å²) in [6.45, 7) is 2.48. The van der Waals surface area contributed by atoms with Gasteiger partial charge in [-0.25, -0.2) is 14.2 Å². The van der Waals surface area contributed by atoms with E-state index in [2.05, 4.69) is 25.8 Å². The highest BCUT2D eigenvalue weighted by Crippen LogP contribution is 2.26. The van der Waals surface area contributed by atoms with Gasteiger partial charge in [0.25, 0.3) is 0 Å². The summed E-state index contributed by atoms with van der Waals surface area (Å²) >= 11 is 0. The number of urea groups is 1. The van der Waals surface area contributed by atoms with Gasteiger partial charge in [0, 0.05) is 31.6 Å². The van der Waals surface area contributed by atoms with E-state index >= 15 is 0 Å². The van der Waals surface area contributed by atoms with Crippen molar-refractivity contribution in [3.63, 3.8) is 0 Å². The number of hydrogen-bond acceptors (Lipinski definition) is 4. The van der Waals surface area contributed by atoms with Crippen LogP contribution in [0, 0.1) is 5.82 Å². The Morgan fingerprint density at radius 2 is 2.04 bits per heavy atom. The van der Waals surface area contributed by atoms with E-state index in [0.717, 1.165) is 18.7 Å². The predicted molar refractivity (Wildman–Crippen MR) is 89.7 cm³/mol. The number of H-pyrrole nitrogens is 1. The molecule has 1 aliphatic rings. The Morgan fingerprint density at radius 1 is 1.28 bits per heavy atom. The predicted octanol–water partition coefficient (Wildman–Crippen LogP) is 2.31. The first kappa shape index (κ1) is 16.9. The molecule has 0 radical (unpaired) electrons. The smallest absolute Gasteiger partial charge is 0.321 e. The Balaban J connectivity index is 1.58. The molecule has 1 aromatic carbocycles. The number of likely N-dealkylation sites (tertiary alicyclic amines) is 1. The molecular formula is C16H19FN6O2. The van der Waals surface area contributed by atoms with Crippen LogP contribution in [0.15, 0.2) is 24.5 Å². The van der Waals surface area contributed by atoms with Gasteiger partial charge in [0.1, 0.15) is 18.0 Å². The van der Waals surface area contributed by atoms with Crippen molar-refractivity contribution in [1.29, 1.82) is 0 Å². The van der Waals surface area contributed by atoms with Gasteiger partial charge in [-0.3, -0.25) is 9.89 Å². The van der Waals surface area contributed by atoms with Crippen molar-refractivity contribution in [2.75, 3.05) is 23.7 Å². The summed E-state index contributed by atoms with van der Waals surface area (Å²) < 4.78 is 13.6. The molecule has 1 aliphatic heterocycles. The molecule has 2 heterocycles. The van der Waals surface area contributed by atoms with Crippen molar-refractivity contribution >= 4 is 23.3 Å². The Kier molecular flexibility index (Phi) is 4.92. The van der Waals surface area contributed by atoms with Crippen molar-refractivity contribution in [2.24, 2.45) is 0 Å². The quantitative estimate of drug-likeness (QED) is 0.793. The summed E-state index contributed by atoms with van der Waals surface area (Å²) in [5.74, 6) is 0.181. The lowest BCUT2D eigenvalue weighted by atomic mass is 9.96. The molecule has 8 nitrogen and oxygen atoms in total. The first-order chi connectivity index (χ1) is 12.0. The highest BCUT2D eigenvalue weighted by molar-refractivity contribution is 5.92. The van der Waals surface area contributed by atoms with E-state index in [1.54, 1.807) is 4.90 Å². The third-order valence-corrected chi connectivity index (χ3v) is 4.13. The molecule has 1 aromatic heterocycles. The Bertz CT molecular complexity index is 756. The SMILES string of the molecule is CC(=O)Nc1cc(NC(=O)N2CCC(c3ncn[nH]3)CC2)ccc1F. The number of halogens is 1. The summed E-state index contributed by atoms with van der Waals surface area (Å²) in [6, 6.07) is 3.81. The lowest BCUT2D eigenvalue weighted by Gasteiger charge is -2.31. The number of aromatic amines is 1. The second-order valence-corrected chi connectivity index (χ2v) is 5.94. The fourth-order valence-corrected chi connectivity index (χ4v) is 2.86. The average Bonchev–Trinajstić information content (AvgIpc) is 3.12. The van der Waals surface area contributed by atoms with Crippen LogP contribution in [0.1, 0.15) is 31.5 Å². The fraction of sp³-hybridized carbons (Fsp3) is 0.375. The number of carbonyl (C=O) groups excluding carboxylic acids is 2. The molecule has 9 heteroatoms. The molecule has 132 valence electrons. The standard InChI is InChI=1S/C16H19FN6O2/c1-10(24)20-14-8-12(2-3-13(14)17)21-16(25)23-6-4-11(5-7-23)15-18-9-19-22-15/h2-3,8-9,11H,4-7H2,1H3,(H,20,24)(H,21,25)(H,18,19,22). The van der Waals surface area contributed by atoms with Crippen LogP contribution in [0.4, 0.5) is 20.6 Å². The number of piperidine rings is 1. The minimum atomic E-state index is -0.555. The van der Waals surface area contributed by atoms with E-state index in [0.29, 0.717) is 18.8 Å². The van der Waals surface area contributed by atoms with Gasteiger partial charge < -0.3 is 15.5 Å². The average molecular weight is 346 g/mol. The van der Waals surface area contributed by atoms with Gasteiger partial charge in [-0.15, -0.1) is 0 Å². The molecule has 0 aliphatic carbocycles. The summed E-state index contributed by atoms with van der Waals surface area (Å²) in [7, 11) is 0. The molecule has 1 fully saturated rings. The Labute approximate surface area is 143 Å². The molecular weight excluding hydrogens is 327 g/mol. The van der Waals surface area contributed by atoms with Crippen LogP contribution < -0.4 is 10.6 Å². The van der Waals surface area contributed by atoms with E-state index < -0.39 is 5.82 Å². The first-order valence-corrected chi connectivity index (χ1v) is 8.01. The fourth-order valence-electron chi connectivity index (χ4n) is 2.86. The number of rotatable bonds is 3. The van der Waals surface area contributed by atoms with E-state index in [9.17, 15) is 14.0 Å². The lowest BCUT2D eigenvalue weighted by molar-refractivity contribution is -0.114. The third kappa shape index (κ3) is 4.11. The van der Waals surface area contributed by atoms with Gasteiger partial charge in [-0.1, -0.05) is 0 Å². The van der Waals surface area contributed by atoms with Crippen molar-refractivity contribution in [1.82, 2.24) is 20.1 Å². The number of amides is 3. The molecule has 25 heavy (non-hydrogen) atoms. The van der Waals surface area contributed by atoms with Crippen LogP contribution in [-0.2, 0) is 4.79 Å². The molecule has 0 unspecified atom stereocenters. The zero-order valence-corrected chi connectivity index (χ0v) is 13.8. The number of nitrogens with zero attached hydrogens (tertiary/aromatic N) is 3. The molecule has 0 atom stereocenters. The van der Waals surface area contributed by atoms with Crippen LogP contribution in [-0.4, -0.2) is 45.1 Å². The summed E-state index contributed by atoms with van der Waals surface area (Å²) in [5, 5.41) is 11.8. The minimum absolute atomic E-state index is 0.0364. The van der Waals surface area contributed by atoms with Gasteiger partial charge in [0.15, 0.2) is 0 Å². The number of carbonyl (C=O) groups is 2. The van der Waals surface area contributed by atoms with Crippen molar-refractivity contribution in [2.45, 2.75) is 25.7 Å². The maximum atomic E-state index is 13.6. The molecule has 2 aromatic rings. The van der Waals surface area contributed by atoms with Gasteiger partial charge in [0.2, 0.25) is 5.91 Å². The highest BCUT2D eigenvalue weighted by Gasteiger charge is 2.25. The van der Waals surface area contributed by atoms with E-state index in [-0.39, 0.29) is 23.5 Å². The van der Waals surface area contributed by atoms with Crippen LogP contribution >= 0.6 is 0 Å². The molecule has 1 saturated heterocycles. The summed E-state index contributed by atoms with van der Waals surface area (Å²) in [6.07, 6.45) is 3.07. The normalized spacial score (nSPS) is 15.0. The molecule has 3 N–H and O–H groups in total. The monoisotopic (exact) mass is 346 g/mol. The van der Waals surface area contributed by atoms with Crippen molar-refractivity contribution in [3.8, 4) is 0 Å². The zero-order chi connectivity index (χ0) is 17.8. The van der Waals surface area contributed by atoms with Crippen LogP contribution in [0.5, 0.6) is 0 Å². The van der Waals surface area contributed by atoms with Crippen LogP contribution in [0.3, 0.4) is 0 Å². The molecule has 3 rings (SSSR count). The van der Waals surface area contributed by atoms with E-state index in [1.165, 1.54) is 31.5 Å². The Hall–Kier alpha value is -2.97. The topological polar surface area (TPSA) is 103 Å². The van der Waals surface area contributed by atoms with Gasteiger partial charge >= 0.3 is 6.03 Å². The van der Waals surface area contributed by atoms with Gasteiger partial charge in [0.05, 0.1) is 5.69 Å². The number of aromatic nitrogens is 3. The largest absolute Gasteiger partial charge is 0.324 e. The second-order valence-electron chi connectivity index (χ2n) is 5.94. The van der Waals surface area contributed by atoms with Gasteiger partial charge in [-0.2, -0.15) is 5.10 Å². The van der Waals surface area contributed by atoms with Crippen molar-refractivity contribution < 1.29 is 14.0 Å². The first-order valence-electron chi connectivity index (χ1n) is 8.01. The molecule has 0 bridgehead atoms.